The smallest absolute Gasteiger partial charge is 0.222 e. The SMILES string of the molecule is CCN(C)C(=O)CCC1CCC(NC2NCC(C3CCC(OC)CC3)CN2)CC1. The van der Waals surface area contributed by atoms with Crippen molar-refractivity contribution in [2.24, 2.45) is 17.8 Å². The van der Waals surface area contributed by atoms with Gasteiger partial charge in [0.05, 0.1) is 6.10 Å². The zero-order chi connectivity index (χ0) is 20.6. The lowest BCUT2D eigenvalue weighted by Gasteiger charge is -2.40. The van der Waals surface area contributed by atoms with E-state index in [0.29, 0.717) is 24.5 Å². The zero-order valence-corrected chi connectivity index (χ0v) is 18.9. The van der Waals surface area contributed by atoms with Gasteiger partial charge in [0, 0.05) is 46.3 Å². The molecule has 0 unspecified atom stereocenters. The average Bonchev–Trinajstić information content (AvgIpc) is 2.78. The molecule has 0 bridgehead atoms. The van der Waals surface area contributed by atoms with Gasteiger partial charge in [-0.15, -0.1) is 0 Å². The Bertz CT molecular complexity index is 479. The van der Waals surface area contributed by atoms with E-state index in [1.807, 2.05) is 26.0 Å². The third-order valence-electron chi connectivity index (χ3n) is 7.80. The van der Waals surface area contributed by atoms with Crippen molar-refractivity contribution in [3.63, 3.8) is 0 Å². The number of ether oxygens (including phenoxy) is 1. The topological polar surface area (TPSA) is 65.6 Å². The molecule has 3 N–H and O–H groups in total. The fourth-order valence-electron chi connectivity index (χ4n) is 5.48. The van der Waals surface area contributed by atoms with Crippen molar-refractivity contribution >= 4 is 5.91 Å². The number of amides is 1. The Labute approximate surface area is 177 Å². The lowest BCUT2D eigenvalue weighted by molar-refractivity contribution is -0.130. The van der Waals surface area contributed by atoms with Crippen molar-refractivity contribution < 1.29 is 9.53 Å². The van der Waals surface area contributed by atoms with Crippen molar-refractivity contribution in [2.75, 3.05) is 33.8 Å². The minimum Gasteiger partial charge on any atom is -0.381 e. The van der Waals surface area contributed by atoms with Gasteiger partial charge in [0.25, 0.3) is 0 Å². The molecule has 0 aromatic carbocycles. The second-order valence-electron chi connectivity index (χ2n) is 9.61. The van der Waals surface area contributed by atoms with Crippen LogP contribution in [0.15, 0.2) is 0 Å². The summed E-state index contributed by atoms with van der Waals surface area (Å²) >= 11 is 0. The Balaban J connectivity index is 1.28. The Morgan fingerprint density at radius 3 is 2.24 bits per heavy atom. The molecule has 1 heterocycles. The first kappa shape index (κ1) is 23.0. The first-order valence-electron chi connectivity index (χ1n) is 12.1. The second-order valence-corrected chi connectivity index (χ2v) is 9.61. The summed E-state index contributed by atoms with van der Waals surface area (Å²) < 4.78 is 5.52. The molecule has 3 rings (SSSR count). The third-order valence-corrected chi connectivity index (χ3v) is 7.80. The van der Waals surface area contributed by atoms with Gasteiger partial charge >= 0.3 is 0 Å². The van der Waals surface area contributed by atoms with Crippen LogP contribution < -0.4 is 16.0 Å². The van der Waals surface area contributed by atoms with Gasteiger partial charge in [-0.3, -0.25) is 20.7 Å². The van der Waals surface area contributed by atoms with Gasteiger partial charge in [-0.1, -0.05) is 0 Å². The first-order chi connectivity index (χ1) is 14.1. The van der Waals surface area contributed by atoms with Crippen LogP contribution in [0, 0.1) is 17.8 Å². The summed E-state index contributed by atoms with van der Waals surface area (Å²) in [7, 11) is 3.76. The molecule has 0 spiro atoms. The highest BCUT2D eigenvalue weighted by atomic mass is 16.5. The summed E-state index contributed by atoms with van der Waals surface area (Å²) in [6, 6.07) is 0.596. The van der Waals surface area contributed by atoms with E-state index in [1.54, 1.807) is 0 Å². The molecule has 1 aliphatic heterocycles. The molecule has 29 heavy (non-hydrogen) atoms. The standard InChI is InChI=1S/C23H44N4O2/c1-4-27(2)22(28)14-7-17-5-10-20(11-6-17)26-23-24-15-19(16-25-23)18-8-12-21(29-3)13-9-18/h17-21,23-26H,4-16H2,1-3H3. The van der Waals surface area contributed by atoms with Crippen LogP contribution in [-0.4, -0.2) is 63.0 Å². The van der Waals surface area contributed by atoms with Crippen LogP contribution in [0.4, 0.5) is 0 Å². The minimum absolute atomic E-state index is 0.253. The van der Waals surface area contributed by atoms with E-state index < -0.39 is 0 Å². The highest BCUT2D eigenvalue weighted by Gasteiger charge is 2.31. The molecule has 168 valence electrons. The van der Waals surface area contributed by atoms with Crippen LogP contribution in [0.1, 0.15) is 71.1 Å². The number of rotatable bonds is 8. The van der Waals surface area contributed by atoms with Gasteiger partial charge in [0.15, 0.2) is 0 Å². The van der Waals surface area contributed by atoms with Gasteiger partial charge in [-0.2, -0.15) is 0 Å². The largest absolute Gasteiger partial charge is 0.381 e. The number of hydrogen-bond acceptors (Lipinski definition) is 5. The minimum atomic E-state index is 0.253. The van der Waals surface area contributed by atoms with Gasteiger partial charge in [0.1, 0.15) is 6.29 Å². The normalized spacial score (nSPS) is 36.0. The number of hydrogen-bond donors (Lipinski definition) is 3. The molecule has 0 aromatic rings. The molecule has 3 fully saturated rings. The number of carbonyl (C=O) groups is 1. The van der Waals surface area contributed by atoms with E-state index in [2.05, 4.69) is 16.0 Å². The summed E-state index contributed by atoms with van der Waals surface area (Å²) in [6.07, 6.45) is 12.5. The molecule has 3 aliphatic rings. The second kappa shape index (κ2) is 11.6. The van der Waals surface area contributed by atoms with Crippen molar-refractivity contribution in [1.82, 2.24) is 20.9 Å². The molecular formula is C23H44N4O2. The maximum Gasteiger partial charge on any atom is 0.222 e. The Morgan fingerprint density at radius 1 is 1.00 bits per heavy atom. The third kappa shape index (κ3) is 6.91. The number of nitrogens with zero attached hydrogens (tertiary/aromatic N) is 1. The van der Waals surface area contributed by atoms with Gasteiger partial charge in [-0.05, 0) is 82.5 Å². The number of carbonyl (C=O) groups excluding carboxylic acids is 1. The lowest BCUT2D eigenvalue weighted by Crippen LogP contribution is -2.63. The lowest BCUT2D eigenvalue weighted by atomic mass is 9.78. The fourth-order valence-corrected chi connectivity index (χ4v) is 5.48. The van der Waals surface area contributed by atoms with E-state index in [0.717, 1.165) is 43.8 Å². The number of methoxy groups -OCH3 is 1. The van der Waals surface area contributed by atoms with Crippen LogP contribution in [0.5, 0.6) is 0 Å². The fraction of sp³-hybridized carbons (Fsp3) is 0.957. The molecule has 0 radical (unpaired) electrons. The van der Waals surface area contributed by atoms with Gasteiger partial charge in [-0.25, -0.2) is 0 Å². The summed E-state index contributed by atoms with van der Waals surface area (Å²) in [5.41, 5.74) is 0. The van der Waals surface area contributed by atoms with Crippen molar-refractivity contribution in [1.29, 1.82) is 0 Å². The van der Waals surface area contributed by atoms with Crippen molar-refractivity contribution in [2.45, 2.75) is 89.6 Å². The monoisotopic (exact) mass is 408 g/mol. The van der Waals surface area contributed by atoms with Crippen LogP contribution in [-0.2, 0) is 9.53 Å². The molecule has 1 amide bonds. The summed E-state index contributed by atoms with van der Waals surface area (Å²) in [6.45, 7) is 5.09. The quantitative estimate of drug-likeness (QED) is 0.576. The van der Waals surface area contributed by atoms with Gasteiger partial charge in [0.2, 0.25) is 5.91 Å². The molecular weight excluding hydrogens is 364 g/mol. The average molecular weight is 409 g/mol. The van der Waals surface area contributed by atoms with Crippen LogP contribution >= 0.6 is 0 Å². The van der Waals surface area contributed by atoms with Crippen LogP contribution in [0.3, 0.4) is 0 Å². The molecule has 1 saturated heterocycles. The maximum atomic E-state index is 12.0. The molecule has 0 atom stereocenters. The van der Waals surface area contributed by atoms with E-state index in [4.69, 9.17) is 4.74 Å². The Kier molecular flexibility index (Phi) is 9.22. The summed E-state index contributed by atoms with van der Waals surface area (Å²) in [4.78, 5) is 13.8. The first-order valence-corrected chi connectivity index (χ1v) is 12.1. The van der Waals surface area contributed by atoms with E-state index >= 15 is 0 Å². The summed E-state index contributed by atoms with van der Waals surface area (Å²) in [5, 5.41) is 11.2. The predicted molar refractivity (Wildman–Crippen MR) is 117 cm³/mol. The van der Waals surface area contributed by atoms with Crippen molar-refractivity contribution in [3.8, 4) is 0 Å². The van der Waals surface area contributed by atoms with Crippen molar-refractivity contribution in [3.05, 3.63) is 0 Å². The molecule has 6 heteroatoms. The molecule has 2 aliphatic carbocycles. The Morgan fingerprint density at radius 2 is 1.66 bits per heavy atom. The maximum absolute atomic E-state index is 12.0. The van der Waals surface area contributed by atoms with E-state index in [-0.39, 0.29) is 6.29 Å². The molecule has 6 nitrogen and oxygen atoms in total. The van der Waals surface area contributed by atoms with Gasteiger partial charge < -0.3 is 9.64 Å². The van der Waals surface area contributed by atoms with Crippen LogP contribution in [0.25, 0.3) is 0 Å². The summed E-state index contributed by atoms with van der Waals surface area (Å²) in [5.74, 6) is 2.61. The zero-order valence-electron chi connectivity index (χ0n) is 18.9. The predicted octanol–water partition coefficient (Wildman–Crippen LogP) is 2.69. The van der Waals surface area contributed by atoms with E-state index in [9.17, 15) is 4.79 Å². The highest BCUT2D eigenvalue weighted by Crippen LogP contribution is 2.32. The number of nitrogens with one attached hydrogen (secondary N) is 3. The van der Waals surface area contributed by atoms with E-state index in [1.165, 1.54) is 51.4 Å². The van der Waals surface area contributed by atoms with Crippen LogP contribution in [0.2, 0.25) is 0 Å². The molecule has 0 aromatic heterocycles. The highest BCUT2D eigenvalue weighted by molar-refractivity contribution is 5.75. The Hall–Kier alpha value is -0.690. The molecule has 2 saturated carbocycles.